The Kier molecular flexibility index (Phi) is 4.59. The number of hydrogen-bond donors (Lipinski definition) is 4. The van der Waals surface area contributed by atoms with Crippen LogP contribution in [0.5, 0.6) is 0 Å². The van der Waals surface area contributed by atoms with Crippen molar-refractivity contribution in [2.45, 2.75) is 23.7 Å². The van der Waals surface area contributed by atoms with Gasteiger partial charge in [-0.25, -0.2) is 0 Å². The highest BCUT2D eigenvalue weighted by Crippen LogP contribution is 2.65. The molecular formula is C28H28N4. The molecule has 4 aromatic rings. The molecule has 5 rings (SSSR count). The Labute approximate surface area is 188 Å². The van der Waals surface area contributed by atoms with E-state index in [1.54, 1.807) is 0 Å². The number of anilines is 4. The van der Waals surface area contributed by atoms with Crippen LogP contribution >= 0.6 is 0 Å². The van der Waals surface area contributed by atoms with Crippen molar-refractivity contribution in [1.82, 2.24) is 0 Å². The summed E-state index contributed by atoms with van der Waals surface area (Å²) in [4.78, 5) is 0. The molecule has 1 aliphatic carbocycles. The topological polar surface area (TPSA) is 104 Å². The third-order valence-corrected chi connectivity index (χ3v) is 7.22. The minimum Gasteiger partial charge on any atom is -0.399 e. The van der Waals surface area contributed by atoms with E-state index >= 15 is 0 Å². The van der Waals surface area contributed by atoms with E-state index < -0.39 is 0 Å². The van der Waals surface area contributed by atoms with Crippen LogP contribution in [-0.2, 0) is 10.8 Å². The van der Waals surface area contributed by atoms with E-state index in [-0.39, 0.29) is 10.8 Å². The molecule has 1 saturated carbocycles. The van der Waals surface area contributed by atoms with E-state index in [4.69, 9.17) is 22.9 Å². The first-order valence-electron chi connectivity index (χ1n) is 10.9. The van der Waals surface area contributed by atoms with Gasteiger partial charge in [0.05, 0.1) is 0 Å². The third kappa shape index (κ3) is 2.83. The Bertz CT molecular complexity index is 1030. The largest absolute Gasteiger partial charge is 0.399 e. The number of nitrogen functional groups attached to an aromatic ring is 4. The molecule has 32 heavy (non-hydrogen) atoms. The molecule has 0 unspecified atom stereocenters. The van der Waals surface area contributed by atoms with Crippen molar-refractivity contribution in [3.05, 3.63) is 119 Å². The summed E-state index contributed by atoms with van der Waals surface area (Å²) in [6.07, 6.45) is 1.99. The van der Waals surface area contributed by atoms with E-state index in [1.165, 1.54) is 22.3 Å². The normalized spacial score (nSPS) is 16.2. The second-order valence-corrected chi connectivity index (χ2v) is 8.80. The van der Waals surface area contributed by atoms with E-state index in [1.807, 2.05) is 48.5 Å². The van der Waals surface area contributed by atoms with Crippen molar-refractivity contribution in [2.75, 3.05) is 22.9 Å². The molecule has 1 aliphatic rings. The Balaban J connectivity index is 1.84. The predicted octanol–water partition coefficient (Wildman–Crippen LogP) is 5.08. The summed E-state index contributed by atoms with van der Waals surface area (Å²) in [7, 11) is 0. The van der Waals surface area contributed by atoms with E-state index in [0.29, 0.717) is 0 Å². The van der Waals surface area contributed by atoms with Gasteiger partial charge in [0.15, 0.2) is 0 Å². The van der Waals surface area contributed by atoms with Crippen molar-refractivity contribution in [2.24, 2.45) is 0 Å². The SMILES string of the molecule is Nc1ccc(C2(c3ccc(N)cc3)CCC2(c2ccc(N)cc2)c2ccc(N)cc2)cc1. The zero-order chi connectivity index (χ0) is 22.3. The van der Waals surface area contributed by atoms with Crippen LogP contribution in [0.3, 0.4) is 0 Å². The molecule has 4 heteroatoms. The van der Waals surface area contributed by atoms with Gasteiger partial charge in [-0.15, -0.1) is 0 Å². The smallest absolute Gasteiger partial charge is 0.0340 e. The van der Waals surface area contributed by atoms with Gasteiger partial charge in [0, 0.05) is 33.6 Å². The van der Waals surface area contributed by atoms with Gasteiger partial charge >= 0.3 is 0 Å². The summed E-state index contributed by atoms with van der Waals surface area (Å²) in [5.74, 6) is 0. The lowest BCUT2D eigenvalue weighted by Gasteiger charge is -2.61. The van der Waals surface area contributed by atoms with Gasteiger partial charge in [0.25, 0.3) is 0 Å². The summed E-state index contributed by atoms with van der Waals surface area (Å²) < 4.78 is 0. The third-order valence-electron chi connectivity index (χ3n) is 7.22. The molecule has 0 amide bonds. The molecule has 0 radical (unpaired) electrons. The first-order chi connectivity index (χ1) is 15.5. The zero-order valence-corrected chi connectivity index (χ0v) is 18.0. The Morgan fingerprint density at radius 3 is 0.688 bits per heavy atom. The van der Waals surface area contributed by atoms with Crippen molar-refractivity contribution < 1.29 is 0 Å². The summed E-state index contributed by atoms with van der Waals surface area (Å²) in [6.45, 7) is 0. The maximum atomic E-state index is 6.07. The lowest BCUT2D eigenvalue weighted by Crippen LogP contribution is -2.59. The molecule has 0 bridgehead atoms. The molecule has 0 atom stereocenters. The molecule has 0 spiro atoms. The van der Waals surface area contributed by atoms with Crippen LogP contribution in [0.2, 0.25) is 0 Å². The maximum absolute atomic E-state index is 6.07. The molecule has 1 fully saturated rings. The van der Waals surface area contributed by atoms with Gasteiger partial charge in [0.2, 0.25) is 0 Å². The fourth-order valence-corrected chi connectivity index (χ4v) is 5.59. The van der Waals surface area contributed by atoms with Crippen molar-refractivity contribution in [3.8, 4) is 0 Å². The van der Waals surface area contributed by atoms with Gasteiger partial charge in [-0.05, 0) is 83.6 Å². The van der Waals surface area contributed by atoms with Gasteiger partial charge in [-0.2, -0.15) is 0 Å². The number of rotatable bonds is 4. The highest BCUT2D eigenvalue weighted by molar-refractivity contribution is 5.62. The molecule has 160 valence electrons. The van der Waals surface area contributed by atoms with Crippen LogP contribution in [0.25, 0.3) is 0 Å². The fourth-order valence-electron chi connectivity index (χ4n) is 5.59. The van der Waals surface area contributed by atoms with Crippen molar-refractivity contribution in [3.63, 3.8) is 0 Å². The zero-order valence-electron chi connectivity index (χ0n) is 18.0. The summed E-state index contributed by atoms with van der Waals surface area (Å²) in [5.41, 5.74) is 31.6. The molecule has 4 nitrogen and oxygen atoms in total. The highest BCUT2D eigenvalue weighted by Gasteiger charge is 2.62. The summed E-state index contributed by atoms with van der Waals surface area (Å²) >= 11 is 0. The van der Waals surface area contributed by atoms with E-state index in [0.717, 1.165) is 35.6 Å². The molecule has 0 saturated heterocycles. The Morgan fingerprint density at radius 2 is 0.531 bits per heavy atom. The molecule has 0 aromatic heterocycles. The second-order valence-electron chi connectivity index (χ2n) is 8.80. The van der Waals surface area contributed by atoms with Gasteiger partial charge in [-0.1, -0.05) is 48.5 Å². The monoisotopic (exact) mass is 420 g/mol. The number of nitrogens with two attached hydrogens (primary N) is 4. The Hall–Kier alpha value is -3.92. The van der Waals surface area contributed by atoms with Crippen LogP contribution in [0.4, 0.5) is 22.7 Å². The molecule has 8 N–H and O–H groups in total. The number of benzene rings is 4. The minimum atomic E-state index is -0.291. The van der Waals surface area contributed by atoms with Crippen LogP contribution in [0.15, 0.2) is 97.1 Å². The first-order valence-corrected chi connectivity index (χ1v) is 10.9. The molecular weight excluding hydrogens is 392 g/mol. The van der Waals surface area contributed by atoms with Crippen molar-refractivity contribution in [1.29, 1.82) is 0 Å². The quantitative estimate of drug-likeness (QED) is 0.346. The first kappa shape index (κ1) is 20.0. The lowest BCUT2D eigenvalue weighted by atomic mass is 9.40. The van der Waals surface area contributed by atoms with Crippen LogP contribution in [0, 0.1) is 0 Å². The summed E-state index contributed by atoms with van der Waals surface area (Å²) in [6, 6.07) is 33.2. The van der Waals surface area contributed by atoms with Crippen LogP contribution < -0.4 is 22.9 Å². The predicted molar refractivity (Wildman–Crippen MR) is 134 cm³/mol. The highest BCUT2D eigenvalue weighted by atomic mass is 14.6. The van der Waals surface area contributed by atoms with Gasteiger partial charge in [0.1, 0.15) is 0 Å². The second kappa shape index (κ2) is 7.34. The molecule has 0 aliphatic heterocycles. The van der Waals surface area contributed by atoms with E-state index in [9.17, 15) is 0 Å². The standard InChI is InChI=1S/C28H28N4/c29-23-9-1-19(2-10-23)27(20-3-11-24(30)12-4-20)17-18-28(27,21-5-13-25(31)14-6-21)22-7-15-26(32)16-8-22/h1-16H,17-18,29-32H2. The van der Waals surface area contributed by atoms with Crippen molar-refractivity contribution >= 4 is 22.7 Å². The van der Waals surface area contributed by atoms with Crippen LogP contribution in [-0.4, -0.2) is 0 Å². The lowest BCUT2D eigenvalue weighted by molar-refractivity contribution is 0.151. The molecule has 0 heterocycles. The fraction of sp³-hybridized carbons (Fsp3) is 0.143. The van der Waals surface area contributed by atoms with Gasteiger partial charge in [-0.3, -0.25) is 0 Å². The summed E-state index contributed by atoms with van der Waals surface area (Å²) in [5, 5.41) is 0. The average molecular weight is 421 g/mol. The molecule has 4 aromatic carbocycles. The Morgan fingerprint density at radius 1 is 0.344 bits per heavy atom. The van der Waals surface area contributed by atoms with Gasteiger partial charge < -0.3 is 22.9 Å². The number of hydrogen-bond acceptors (Lipinski definition) is 4. The van der Waals surface area contributed by atoms with Crippen LogP contribution in [0.1, 0.15) is 35.1 Å². The maximum Gasteiger partial charge on any atom is 0.0340 e. The minimum absolute atomic E-state index is 0.291. The average Bonchev–Trinajstić information content (AvgIpc) is 2.79. The van der Waals surface area contributed by atoms with E-state index in [2.05, 4.69) is 48.5 Å².